The average molecular weight is 134 g/mol. The minimum absolute atomic E-state index is 0.611. The molecule has 0 bridgehead atoms. The summed E-state index contributed by atoms with van der Waals surface area (Å²) in [7, 11) is 0. The zero-order valence-corrected chi connectivity index (χ0v) is 5.53. The van der Waals surface area contributed by atoms with E-state index in [1.807, 2.05) is 19.1 Å². The van der Waals surface area contributed by atoms with Crippen LogP contribution in [0.2, 0.25) is 0 Å². The van der Waals surface area contributed by atoms with Gasteiger partial charge >= 0.3 is 0 Å². The molecule has 0 aromatic carbocycles. The minimum Gasteiger partial charge on any atom is -0.423 e. The molecule has 3 heteroatoms. The molecule has 0 aliphatic heterocycles. The molecule has 3 nitrogen and oxygen atoms in total. The van der Waals surface area contributed by atoms with E-state index in [1.165, 1.54) is 0 Å². The fourth-order valence-corrected chi connectivity index (χ4v) is 0.878. The van der Waals surface area contributed by atoms with E-state index in [1.54, 1.807) is 6.20 Å². The molecule has 0 spiro atoms. The van der Waals surface area contributed by atoms with Gasteiger partial charge in [-0.25, -0.2) is 9.97 Å². The quantitative estimate of drug-likeness (QED) is 0.548. The zero-order chi connectivity index (χ0) is 6.97. The van der Waals surface area contributed by atoms with Crippen molar-refractivity contribution in [2.24, 2.45) is 0 Å². The normalized spacial score (nSPS) is 10.5. The van der Waals surface area contributed by atoms with Gasteiger partial charge in [-0.15, -0.1) is 0 Å². The third-order valence-corrected chi connectivity index (χ3v) is 1.27. The molecule has 2 rings (SSSR count). The van der Waals surface area contributed by atoms with E-state index in [4.69, 9.17) is 4.42 Å². The first-order valence-electron chi connectivity index (χ1n) is 3.04. The Kier molecular flexibility index (Phi) is 0.974. The largest absolute Gasteiger partial charge is 0.423 e. The van der Waals surface area contributed by atoms with Gasteiger partial charge in [-0.1, -0.05) is 0 Å². The molecule has 0 aliphatic carbocycles. The van der Waals surface area contributed by atoms with E-state index in [0.29, 0.717) is 11.6 Å². The number of rotatable bonds is 0. The van der Waals surface area contributed by atoms with E-state index >= 15 is 0 Å². The van der Waals surface area contributed by atoms with Crippen molar-refractivity contribution in [3.8, 4) is 0 Å². The summed E-state index contributed by atoms with van der Waals surface area (Å²) in [5, 5.41) is 0. The summed E-state index contributed by atoms with van der Waals surface area (Å²) in [5.74, 6) is 0.661. The molecule has 10 heavy (non-hydrogen) atoms. The molecule has 2 aromatic rings. The van der Waals surface area contributed by atoms with Crippen LogP contribution in [0.1, 0.15) is 5.89 Å². The molecule has 0 amide bonds. The number of hydrogen-bond donors (Lipinski definition) is 0. The highest BCUT2D eigenvalue weighted by Gasteiger charge is 1.98. The predicted octanol–water partition coefficient (Wildman–Crippen LogP) is 1.53. The Hall–Kier alpha value is -1.38. The van der Waals surface area contributed by atoms with Gasteiger partial charge in [0.05, 0.1) is 0 Å². The van der Waals surface area contributed by atoms with E-state index in [-0.39, 0.29) is 0 Å². The molecule has 0 fully saturated rings. The van der Waals surface area contributed by atoms with Crippen LogP contribution in [0.4, 0.5) is 0 Å². The van der Waals surface area contributed by atoms with Gasteiger partial charge in [-0.05, 0) is 12.1 Å². The third kappa shape index (κ3) is 0.673. The second-order valence-electron chi connectivity index (χ2n) is 2.06. The number of aryl methyl sites for hydroxylation is 1. The SMILES string of the molecule is Cc1nc2cccnc2o1. The highest BCUT2D eigenvalue weighted by Crippen LogP contribution is 2.09. The summed E-state index contributed by atoms with van der Waals surface area (Å²) in [4.78, 5) is 8.06. The minimum atomic E-state index is 0.611. The molecule has 50 valence electrons. The standard InChI is InChI=1S/C7H6N2O/c1-5-9-6-3-2-4-8-7(6)10-5/h2-4H,1H3. The van der Waals surface area contributed by atoms with Crippen LogP contribution in [-0.4, -0.2) is 9.97 Å². The van der Waals surface area contributed by atoms with Crippen LogP contribution in [0, 0.1) is 6.92 Å². The molecule has 2 aromatic heterocycles. The number of fused-ring (bicyclic) bond motifs is 1. The molecule has 0 unspecified atom stereocenters. The topological polar surface area (TPSA) is 38.9 Å². The molecule has 0 atom stereocenters. The molecular formula is C7H6N2O. The molecule has 0 N–H and O–H groups in total. The van der Waals surface area contributed by atoms with Crippen molar-refractivity contribution in [3.63, 3.8) is 0 Å². The Labute approximate surface area is 57.7 Å². The second-order valence-corrected chi connectivity index (χ2v) is 2.06. The summed E-state index contributed by atoms with van der Waals surface area (Å²) in [5.41, 5.74) is 1.43. The van der Waals surface area contributed by atoms with Crippen LogP contribution in [0.25, 0.3) is 11.2 Å². The molecule has 2 heterocycles. The van der Waals surface area contributed by atoms with E-state index in [9.17, 15) is 0 Å². The van der Waals surface area contributed by atoms with E-state index < -0.39 is 0 Å². The van der Waals surface area contributed by atoms with Crippen LogP contribution < -0.4 is 0 Å². The Bertz CT molecular complexity index is 320. The van der Waals surface area contributed by atoms with Crippen LogP contribution >= 0.6 is 0 Å². The van der Waals surface area contributed by atoms with Gasteiger partial charge in [0.1, 0.15) is 5.52 Å². The maximum atomic E-state index is 5.15. The Morgan fingerprint density at radius 3 is 3.20 bits per heavy atom. The predicted molar refractivity (Wildman–Crippen MR) is 36.5 cm³/mol. The number of pyridine rings is 1. The van der Waals surface area contributed by atoms with Gasteiger partial charge in [0, 0.05) is 13.1 Å². The monoisotopic (exact) mass is 134 g/mol. The first-order chi connectivity index (χ1) is 4.86. The van der Waals surface area contributed by atoms with Gasteiger partial charge in [0.25, 0.3) is 0 Å². The molecule has 0 aliphatic rings. The van der Waals surface area contributed by atoms with Crippen molar-refractivity contribution in [2.75, 3.05) is 0 Å². The summed E-state index contributed by atoms with van der Waals surface area (Å²) >= 11 is 0. The van der Waals surface area contributed by atoms with Crippen molar-refractivity contribution in [1.29, 1.82) is 0 Å². The Morgan fingerprint density at radius 1 is 1.50 bits per heavy atom. The van der Waals surface area contributed by atoms with E-state index in [0.717, 1.165) is 5.52 Å². The van der Waals surface area contributed by atoms with Crippen molar-refractivity contribution >= 4 is 11.2 Å². The lowest BCUT2D eigenvalue weighted by atomic mass is 10.4. The third-order valence-electron chi connectivity index (χ3n) is 1.27. The Morgan fingerprint density at radius 2 is 2.40 bits per heavy atom. The maximum Gasteiger partial charge on any atom is 0.246 e. The number of aromatic nitrogens is 2. The Balaban J connectivity index is 2.88. The molecular weight excluding hydrogens is 128 g/mol. The average Bonchev–Trinajstić information content (AvgIpc) is 2.27. The second kappa shape index (κ2) is 1.80. The van der Waals surface area contributed by atoms with Gasteiger partial charge in [0.15, 0.2) is 5.89 Å². The number of oxazole rings is 1. The van der Waals surface area contributed by atoms with Crippen molar-refractivity contribution in [2.45, 2.75) is 6.92 Å². The van der Waals surface area contributed by atoms with Crippen molar-refractivity contribution < 1.29 is 4.42 Å². The number of nitrogens with zero attached hydrogens (tertiary/aromatic N) is 2. The highest BCUT2D eigenvalue weighted by molar-refractivity contribution is 5.67. The van der Waals surface area contributed by atoms with Crippen LogP contribution in [-0.2, 0) is 0 Å². The molecule has 0 radical (unpaired) electrons. The van der Waals surface area contributed by atoms with Gasteiger partial charge in [0.2, 0.25) is 5.71 Å². The summed E-state index contributed by atoms with van der Waals surface area (Å²) < 4.78 is 5.15. The van der Waals surface area contributed by atoms with Crippen LogP contribution in [0.15, 0.2) is 22.7 Å². The van der Waals surface area contributed by atoms with E-state index in [2.05, 4.69) is 9.97 Å². The fourth-order valence-electron chi connectivity index (χ4n) is 0.878. The van der Waals surface area contributed by atoms with Crippen LogP contribution in [0.3, 0.4) is 0 Å². The number of hydrogen-bond acceptors (Lipinski definition) is 3. The lowest BCUT2D eigenvalue weighted by Gasteiger charge is -1.78. The highest BCUT2D eigenvalue weighted by atomic mass is 16.4. The van der Waals surface area contributed by atoms with Gasteiger partial charge < -0.3 is 4.42 Å². The fraction of sp³-hybridized carbons (Fsp3) is 0.143. The lowest BCUT2D eigenvalue weighted by molar-refractivity contribution is 0.551. The van der Waals surface area contributed by atoms with Gasteiger partial charge in [-0.2, -0.15) is 0 Å². The summed E-state index contributed by atoms with van der Waals surface area (Å²) in [6.07, 6.45) is 1.69. The zero-order valence-electron chi connectivity index (χ0n) is 5.53. The first kappa shape index (κ1) is 5.41. The van der Waals surface area contributed by atoms with Gasteiger partial charge in [-0.3, -0.25) is 0 Å². The van der Waals surface area contributed by atoms with Crippen molar-refractivity contribution in [3.05, 3.63) is 24.2 Å². The summed E-state index contributed by atoms with van der Waals surface area (Å²) in [6, 6.07) is 3.71. The first-order valence-corrected chi connectivity index (χ1v) is 3.04. The van der Waals surface area contributed by atoms with Crippen LogP contribution in [0.5, 0.6) is 0 Å². The van der Waals surface area contributed by atoms with Crippen molar-refractivity contribution in [1.82, 2.24) is 9.97 Å². The molecule has 0 saturated heterocycles. The summed E-state index contributed by atoms with van der Waals surface area (Å²) in [6.45, 7) is 1.81. The smallest absolute Gasteiger partial charge is 0.246 e. The molecule has 0 saturated carbocycles. The maximum absolute atomic E-state index is 5.15. The lowest BCUT2D eigenvalue weighted by Crippen LogP contribution is -1.69.